The summed E-state index contributed by atoms with van der Waals surface area (Å²) in [6.07, 6.45) is 0. The fourth-order valence-electron chi connectivity index (χ4n) is 9.19. The summed E-state index contributed by atoms with van der Waals surface area (Å²) in [6.45, 7) is 0.0877. The van der Waals surface area contributed by atoms with E-state index < -0.39 is 0 Å². The number of nitrogens with zero attached hydrogens (tertiary/aromatic N) is 3. The molecule has 0 N–H and O–H groups in total. The van der Waals surface area contributed by atoms with Gasteiger partial charge >= 0.3 is 0 Å². The van der Waals surface area contributed by atoms with Crippen LogP contribution in [0.5, 0.6) is 0 Å². The summed E-state index contributed by atoms with van der Waals surface area (Å²) in [4.78, 5) is 0. The van der Waals surface area contributed by atoms with E-state index in [-0.39, 0.29) is 6.71 Å². The van der Waals surface area contributed by atoms with Crippen LogP contribution in [-0.2, 0) is 0 Å². The summed E-state index contributed by atoms with van der Waals surface area (Å²) in [5.41, 5.74) is 15.7. The molecule has 0 saturated heterocycles. The van der Waals surface area contributed by atoms with Gasteiger partial charge in [0.15, 0.2) is 0 Å². The first-order chi connectivity index (χ1) is 22.9. The van der Waals surface area contributed by atoms with Gasteiger partial charge in [-0.25, -0.2) is 0 Å². The topological polar surface area (TPSA) is 14.8 Å². The van der Waals surface area contributed by atoms with Gasteiger partial charge in [0.05, 0.1) is 33.1 Å². The van der Waals surface area contributed by atoms with Gasteiger partial charge in [0, 0.05) is 49.4 Å². The zero-order chi connectivity index (χ0) is 29.7. The summed E-state index contributed by atoms with van der Waals surface area (Å²) in [7, 11) is 0. The maximum atomic E-state index is 2.58. The molecule has 3 aromatic heterocycles. The standard InChI is InChI=1S/C42H24BN3/c1-2-12-25(13-3-1)44-34-20-10-6-16-29(34)38-37(44)24-30-27-15-5-9-19-33(27)46-36-23-22-28-26-14-4-8-18-32(26)45-35-21-11-7-17-31(35)43(39(36)41(28)45)40(38)42(30)46/h1-24H. The molecule has 46 heavy (non-hydrogen) atoms. The minimum atomic E-state index is 0.0877. The second-order valence-electron chi connectivity index (χ2n) is 12.9. The maximum Gasteiger partial charge on any atom is 0.253 e. The maximum absolute atomic E-state index is 2.58. The Labute approximate surface area is 264 Å². The molecule has 0 radical (unpaired) electrons. The van der Waals surface area contributed by atoms with Crippen molar-refractivity contribution in [3.8, 4) is 17.1 Å². The molecule has 2 aliphatic rings. The molecule has 0 bridgehead atoms. The summed E-state index contributed by atoms with van der Waals surface area (Å²) in [6, 6.07) is 54.1. The van der Waals surface area contributed by atoms with Gasteiger partial charge in [-0.3, -0.25) is 0 Å². The number of hydrogen-bond acceptors (Lipinski definition) is 0. The number of aromatic nitrogens is 3. The second kappa shape index (κ2) is 7.98. The molecule has 4 heteroatoms. The van der Waals surface area contributed by atoms with Crippen LogP contribution >= 0.6 is 0 Å². The largest absolute Gasteiger partial charge is 0.310 e. The minimum Gasteiger partial charge on any atom is -0.310 e. The number of hydrogen-bond donors (Lipinski definition) is 0. The van der Waals surface area contributed by atoms with Crippen molar-refractivity contribution in [3.05, 3.63) is 146 Å². The Hall–Kier alpha value is -6.00. The summed E-state index contributed by atoms with van der Waals surface area (Å²) in [5, 5.41) is 7.89. The van der Waals surface area contributed by atoms with E-state index in [2.05, 4.69) is 159 Å². The van der Waals surface area contributed by atoms with Crippen molar-refractivity contribution in [2.75, 3.05) is 0 Å². The van der Waals surface area contributed by atoms with Gasteiger partial charge in [-0.15, -0.1) is 0 Å². The lowest BCUT2D eigenvalue weighted by molar-refractivity contribution is 1.16. The fourth-order valence-corrected chi connectivity index (χ4v) is 9.19. The third-order valence-corrected chi connectivity index (χ3v) is 10.8. The van der Waals surface area contributed by atoms with Crippen LogP contribution < -0.4 is 16.4 Å². The first-order valence-corrected chi connectivity index (χ1v) is 16.1. The van der Waals surface area contributed by atoms with E-state index in [0.29, 0.717) is 0 Å². The molecule has 2 aliphatic heterocycles. The lowest BCUT2D eigenvalue weighted by atomic mass is 9.33. The van der Waals surface area contributed by atoms with Crippen LogP contribution in [0.15, 0.2) is 146 Å². The van der Waals surface area contributed by atoms with E-state index in [1.54, 1.807) is 0 Å². The van der Waals surface area contributed by atoms with Crippen LogP contribution in [0.2, 0.25) is 0 Å². The molecule has 0 unspecified atom stereocenters. The molecule has 10 aromatic rings. The van der Waals surface area contributed by atoms with Gasteiger partial charge in [-0.05, 0) is 64.9 Å². The predicted molar refractivity (Wildman–Crippen MR) is 194 cm³/mol. The monoisotopic (exact) mass is 581 g/mol. The highest BCUT2D eigenvalue weighted by atomic mass is 15.0. The summed E-state index contributed by atoms with van der Waals surface area (Å²) < 4.78 is 7.60. The quantitative estimate of drug-likeness (QED) is 0.174. The molecule has 0 aliphatic carbocycles. The fraction of sp³-hybridized carbons (Fsp3) is 0. The van der Waals surface area contributed by atoms with Crippen molar-refractivity contribution in [1.82, 2.24) is 13.7 Å². The number of fused-ring (bicyclic) bond motifs is 15. The van der Waals surface area contributed by atoms with Gasteiger partial charge in [0.1, 0.15) is 0 Å². The highest BCUT2D eigenvalue weighted by Gasteiger charge is 2.42. The Balaban J connectivity index is 1.40. The molecule has 3 nitrogen and oxygen atoms in total. The van der Waals surface area contributed by atoms with E-state index in [1.807, 2.05) is 0 Å². The van der Waals surface area contributed by atoms with Crippen LogP contribution in [0, 0.1) is 0 Å². The first-order valence-electron chi connectivity index (χ1n) is 16.1. The molecule has 0 saturated carbocycles. The Morgan fingerprint density at radius 2 is 0.957 bits per heavy atom. The van der Waals surface area contributed by atoms with Gasteiger partial charge in [-0.2, -0.15) is 0 Å². The van der Waals surface area contributed by atoms with Gasteiger partial charge in [-0.1, -0.05) is 97.1 Å². The molecular formula is C42H24BN3. The molecular weight excluding hydrogens is 557 g/mol. The predicted octanol–water partition coefficient (Wildman–Crippen LogP) is 8.12. The van der Waals surface area contributed by atoms with Crippen LogP contribution in [-0.4, -0.2) is 20.4 Å². The number of rotatable bonds is 1. The average Bonchev–Trinajstić information content (AvgIpc) is 3.76. The first kappa shape index (κ1) is 23.4. The zero-order valence-corrected chi connectivity index (χ0v) is 24.8. The van der Waals surface area contributed by atoms with E-state index in [1.165, 1.54) is 98.9 Å². The van der Waals surface area contributed by atoms with E-state index >= 15 is 0 Å². The van der Waals surface area contributed by atoms with Crippen molar-refractivity contribution in [1.29, 1.82) is 0 Å². The Kier molecular flexibility index (Phi) is 4.06. The average molecular weight is 581 g/mol. The van der Waals surface area contributed by atoms with Gasteiger partial charge in [0.2, 0.25) is 0 Å². The van der Waals surface area contributed by atoms with Crippen LogP contribution in [0.25, 0.3) is 82.5 Å². The van der Waals surface area contributed by atoms with Crippen molar-refractivity contribution >= 4 is 88.5 Å². The summed E-state index contributed by atoms with van der Waals surface area (Å²) in [5.74, 6) is 0. The van der Waals surface area contributed by atoms with Gasteiger partial charge in [0.25, 0.3) is 6.71 Å². The van der Waals surface area contributed by atoms with Crippen molar-refractivity contribution in [2.45, 2.75) is 0 Å². The van der Waals surface area contributed by atoms with Crippen LogP contribution in [0.3, 0.4) is 0 Å². The molecule has 0 atom stereocenters. The summed E-state index contributed by atoms with van der Waals surface area (Å²) >= 11 is 0. The molecule has 0 spiro atoms. The van der Waals surface area contributed by atoms with Crippen molar-refractivity contribution < 1.29 is 0 Å². The number of benzene rings is 7. The second-order valence-corrected chi connectivity index (χ2v) is 12.9. The lowest BCUT2D eigenvalue weighted by Gasteiger charge is -2.33. The Bertz CT molecular complexity index is 2980. The van der Waals surface area contributed by atoms with Crippen molar-refractivity contribution in [2.24, 2.45) is 0 Å². The van der Waals surface area contributed by atoms with E-state index in [9.17, 15) is 0 Å². The Morgan fingerprint density at radius 3 is 1.74 bits per heavy atom. The molecule has 0 fully saturated rings. The molecule has 12 rings (SSSR count). The highest BCUT2D eigenvalue weighted by Crippen LogP contribution is 2.43. The third kappa shape index (κ3) is 2.54. The van der Waals surface area contributed by atoms with Crippen LogP contribution in [0.4, 0.5) is 0 Å². The van der Waals surface area contributed by atoms with Gasteiger partial charge < -0.3 is 13.7 Å². The molecule has 7 aromatic carbocycles. The SMILES string of the molecule is c1ccc(-n2c3ccccc3c3c4c5c(cc32)c2ccccc2n5-c2ccc3c5ccccc5n5c3c2B4c2ccccc2-5)cc1. The molecule has 210 valence electrons. The highest BCUT2D eigenvalue weighted by molar-refractivity contribution is 7.02. The smallest absolute Gasteiger partial charge is 0.253 e. The normalized spacial score (nSPS) is 13.2. The number of para-hydroxylation sites is 5. The molecule has 5 heterocycles. The van der Waals surface area contributed by atoms with E-state index in [0.717, 1.165) is 0 Å². The third-order valence-electron chi connectivity index (χ3n) is 10.8. The van der Waals surface area contributed by atoms with E-state index in [4.69, 9.17) is 0 Å². The zero-order valence-electron chi connectivity index (χ0n) is 24.8. The van der Waals surface area contributed by atoms with Crippen molar-refractivity contribution in [3.63, 3.8) is 0 Å². The van der Waals surface area contributed by atoms with Crippen LogP contribution in [0.1, 0.15) is 0 Å². The minimum absolute atomic E-state index is 0.0877. The molecule has 0 amide bonds. The Morgan fingerprint density at radius 1 is 0.370 bits per heavy atom. The lowest BCUT2D eigenvalue weighted by Crippen LogP contribution is -2.59.